The smallest absolute Gasteiger partial charge is 0.242 e. The van der Waals surface area contributed by atoms with E-state index in [1.165, 1.54) is 26.2 Å². The summed E-state index contributed by atoms with van der Waals surface area (Å²) >= 11 is 3.43. The number of anilines is 2. The topological polar surface area (TPSA) is 86.8 Å². The Balaban J connectivity index is 1.74. The Labute approximate surface area is 172 Å². The Morgan fingerprint density at radius 1 is 1.18 bits per heavy atom. The monoisotopic (exact) mass is 465 g/mol. The largest absolute Gasteiger partial charge is 0.326 e. The van der Waals surface area contributed by atoms with E-state index in [4.69, 9.17) is 0 Å². The third-order valence-electron chi connectivity index (χ3n) is 4.52. The Morgan fingerprint density at radius 3 is 2.57 bits per heavy atom. The fourth-order valence-electron chi connectivity index (χ4n) is 2.98. The molecule has 0 aromatic heterocycles. The van der Waals surface area contributed by atoms with E-state index >= 15 is 0 Å². The molecule has 0 bridgehead atoms. The zero-order valence-electron chi connectivity index (χ0n) is 15.4. The first kappa shape index (κ1) is 20.5. The fraction of sp³-hybridized carbons (Fsp3) is 0.263. The average Bonchev–Trinajstić information content (AvgIpc) is 3.04. The van der Waals surface area contributed by atoms with Gasteiger partial charge in [0.05, 0.1) is 16.5 Å². The van der Waals surface area contributed by atoms with E-state index in [1.807, 2.05) is 24.3 Å². The predicted molar refractivity (Wildman–Crippen MR) is 111 cm³/mol. The second-order valence-corrected chi connectivity index (χ2v) is 9.67. The molecule has 0 radical (unpaired) electrons. The van der Waals surface area contributed by atoms with Gasteiger partial charge in [-0.3, -0.25) is 9.59 Å². The Morgan fingerprint density at radius 2 is 1.89 bits per heavy atom. The number of rotatable bonds is 5. The Kier molecular flexibility index (Phi) is 5.87. The molecule has 1 aliphatic heterocycles. The fourth-order valence-corrected chi connectivity index (χ4v) is 4.42. The van der Waals surface area contributed by atoms with Crippen molar-refractivity contribution in [2.75, 3.05) is 30.9 Å². The van der Waals surface area contributed by atoms with Crippen LogP contribution < -0.4 is 10.2 Å². The van der Waals surface area contributed by atoms with Gasteiger partial charge in [0, 0.05) is 37.2 Å². The van der Waals surface area contributed by atoms with E-state index < -0.39 is 15.9 Å². The highest BCUT2D eigenvalue weighted by Gasteiger charge is 2.35. The van der Waals surface area contributed by atoms with Crippen LogP contribution in [0.25, 0.3) is 0 Å². The molecule has 1 unspecified atom stereocenters. The van der Waals surface area contributed by atoms with Crippen LogP contribution in [0.2, 0.25) is 0 Å². The molecule has 1 saturated heterocycles. The molecule has 7 nitrogen and oxygen atoms in total. The van der Waals surface area contributed by atoms with Crippen LogP contribution in [0.4, 0.5) is 11.4 Å². The van der Waals surface area contributed by atoms with E-state index in [-0.39, 0.29) is 29.7 Å². The van der Waals surface area contributed by atoms with Gasteiger partial charge in [0.15, 0.2) is 0 Å². The third kappa shape index (κ3) is 4.11. The molecule has 2 amide bonds. The summed E-state index contributed by atoms with van der Waals surface area (Å²) in [5.41, 5.74) is 1.10. The van der Waals surface area contributed by atoms with E-state index in [2.05, 4.69) is 21.2 Å². The normalized spacial score (nSPS) is 17.2. The van der Waals surface area contributed by atoms with E-state index in [0.717, 1.165) is 14.5 Å². The number of para-hydroxylation sites is 1. The van der Waals surface area contributed by atoms with Crippen molar-refractivity contribution in [1.29, 1.82) is 0 Å². The molecule has 0 saturated carbocycles. The quantitative estimate of drug-likeness (QED) is 0.734. The molecule has 148 valence electrons. The Hall–Kier alpha value is -2.23. The average molecular weight is 466 g/mol. The highest BCUT2D eigenvalue weighted by molar-refractivity contribution is 9.10. The molecule has 2 aromatic carbocycles. The van der Waals surface area contributed by atoms with Crippen LogP contribution >= 0.6 is 15.9 Å². The molecule has 1 aliphatic rings. The molecular weight excluding hydrogens is 446 g/mol. The van der Waals surface area contributed by atoms with Gasteiger partial charge < -0.3 is 10.2 Å². The molecule has 0 spiro atoms. The van der Waals surface area contributed by atoms with Gasteiger partial charge in [-0.25, -0.2) is 12.7 Å². The number of amides is 2. The van der Waals surface area contributed by atoms with Gasteiger partial charge in [-0.1, -0.05) is 18.2 Å². The second kappa shape index (κ2) is 8.02. The van der Waals surface area contributed by atoms with E-state index in [9.17, 15) is 18.0 Å². The molecule has 1 heterocycles. The molecule has 1 N–H and O–H groups in total. The number of carbonyl (C=O) groups is 2. The summed E-state index contributed by atoms with van der Waals surface area (Å²) in [6.07, 6.45) is 0.100. The van der Waals surface area contributed by atoms with Crippen molar-refractivity contribution in [2.45, 2.75) is 11.3 Å². The van der Waals surface area contributed by atoms with Crippen molar-refractivity contribution in [1.82, 2.24) is 4.31 Å². The minimum Gasteiger partial charge on any atom is -0.326 e. The van der Waals surface area contributed by atoms with Gasteiger partial charge in [0.2, 0.25) is 21.8 Å². The summed E-state index contributed by atoms with van der Waals surface area (Å²) in [5.74, 6) is -0.966. The maximum Gasteiger partial charge on any atom is 0.242 e. The number of nitrogens with one attached hydrogen (secondary N) is 1. The van der Waals surface area contributed by atoms with Crippen LogP contribution in [0.3, 0.4) is 0 Å². The predicted octanol–water partition coefficient (Wildman–Crippen LogP) is 2.69. The lowest BCUT2D eigenvalue weighted by Crippen LogP contribution is -2.28. The molecular formula is C19H20BrN3O4S. The van der Waals surface area contributed by atoms with Crippen molar-refractivity contribution in [3.8, 4) is 0 Å². The van der Waals surface area contributed by atoms with Crippen molar-refractivity contribution in [3.05, 3.63) is 53.0 Å². The first-order valence-corrected chi connectivity index (χ1v) is 10.8. The highest BCUT2D eigenvalue weighted by atomic mass is 79.9. The van der Waals surface area contributed by atoms with Crippen LogP contribution in [-0.4, -0.2) is 45.2 Å². The lowest BCUT2D eigenvalue weighted by Gasteiger charge is -2.18. The number of halogens is 1. The molecule has 1 fully saturated rings. The first-order chi connectivity index (χ1) is 13.2. The number of carbonyl (C=O) groups excluding carboxylic acids is 2. The molecule has 2 aromatic rings. The molecule has 9 heteroatoms. The van der Waals surface area contributed by atoms with Crippen LogP contribution in [0.15, 0.2) is 57.9 Å². The summed E-state index contributed by atoms with van der Waals surface area (Å²) in [4.78, 5) is 26.7. The number of benzene rings is 2. The van der Waals surface area contributed by atoms with E-state index in [0.29, 0.717) is 5.69 Å². The maximum absolute atomic E-state index is 12.7. The number of nitrogens with zero attached hydrogens (tertiary/aromatic N) is 2. The van der Waals surface area contributed by atoms with Crippen LogP contribution in [0, 0.1) is 5.92 Å². The molecule has 1 atom stereocenters. The second-order valence-electron chi connectivity index (χ2n) is 6.66. The third-order valence-corrected chi connectivity index (χ3v) is 7.00. The minimum absolute atomic E-state index is 0.0904. The van der Waals surface area contributed by atoms with Crippen LogP contribution in [0.1, 0.15) is 6.42 Å². The Bertz CT molecular complexity index is 1020. The zero-order chi connectivity index (χ0) is 20.5. The van der Waals surface area contributed by atoms with Crippen LogP contribution in [-0.2, 0) is 19.6 Å². The van der Waals surface area contributed by atoms with Gasteiger partial charge in [0.25, 0.3) is 0 Å². The lowest BCUT2D eigenvalue weighted by molar-refractivity contribution is -0.122. The van der Waals surface area contributed by atoms with Gasteiger partial charge >= 0.3 is 0 Å². The number of hydrogen-bond acceptors (Lipinski definition) is 4. The van der Waals surface area contributed by atoms with Gasteiger partial charge in [-0.05, 0) is 46.3 Å². The van der Waals surface area contributed by atoms with Crippen molar-refractivity contribution in [2.24, 2.45) is 5.92 Å². The number of sulfonamides is 1. The van der Waals surface area contributed by atoms with E-state index in [1.54, 1.807) is 17.0 Å². The summed E-state index contributed by atoms with van der Waals surface area (Å²) in [6, 6.07) is 13.4. The molecule has 28 heavy (non-hydrogen) atoms. The van der Waals surface area contributed by atoms with Crippen LogP contribution in [0.5, 0.6) is 0 Å². The zero-order valence-corrected chi connectivity index (χ0v) is 17.8. The summed E-state index contributed by atoms with van der Waals surface area (Å²) < 4.78 is 26.4. The molecule has 0 aliphatic carbocycles. The SMILES string of the molecule is CN(C)S(=O)(=O)c1cccc(NC(=O)C2CC(=O)N(c3ccccc3Br)C2)c1. The maximum atomic E-state index is 12.7. The summed E-state index contributed by atoms with van der Waals surface area (Å²) in [5, 5.41) is 2.73. The van der Waals surface area contributed by atoms with Crippen molar-refractivity contribution < 1.29 is 18.0 Å². The summed E-state index contributed by atoms with van der Waals surface area (Å²) in [6.45, 7) is 0.267. The lowest BCUT2D eigenvalue weighted by atomic mass is 10.1. The van der Waals surface area contributed by atoms with Gasteiger partial charge in [-0.2, -0.15) is 0 Å². The van der Waals surface area contributed by atoms with Gasteiger partial charge in [-0.15, -0.1) is 0 Å². The standard InChI is InChI=1S/C19H20BrN3O4S/c1-22(2)28(26,27)15-7-5-6-14(11-15)21-19(25)13-10-18(24)23(12-13)17-9-4-3-8-16(17)20/h3-9,11,13H,10,12H2,1-2H3,(H,21,25). The minimum atomic E-state index is -3.60. The highest BCUT2D eigenvalue weighted by Crippen LogP contribution is 2.31. The van der Waals surface area contributed by atoms with Gasteiger partial charge in [0.1, 0.15) is 0 Å². The summed E-state index contributed by atoms with van der Waals surface area (Å²) in [7, 11) is -0.707. The first-order valence-electron chi connectivity index (χ1n) is 8.58. The van der Waals surface area contributed by atoms with Crippen molar-refractivity contribution >= 4 is 49.1 Å². The molecule has 3 rings (SSSR count). The van der Waals surface area contributed by atoms with Crippen molar-refractivity contribution in [3.63, 3.8) is 0 Å². The number of hydrogen-bond donors (Lipinski definition) is 1.